The van der Waals surface area contributed by atoms with Gasteiger partial charge in [-0.15, -0.1) is 0 Å². The second-order valence-electron chi connectivity index (χ2n) is 5.78. The predicted octanol–water partition coefficient (Wildman–Crippen LogP) is 2.08. The molecular weight excluding hydrogens is 352 g/mol. The number of ketones is 2. The minimum Gasteiger partial charge on any atom is -0.497 e. The topological polar surface area (TPSA) is 116 Å². The predicted molar refractivity (Wildman–Crippen MR) is 96.9 cm³/mol. The molecule has 0 unspecified atom stereocenters. The Labute approximate surface area is 155 Å². The first kappa shape index (κ1) is 19.8. The zero-order valence-electron chi connectivity index (χ0n) is 14.9. The number of hydrogen-bond donors (Lipinski definition) is 1. The third-order valence-corrected chi connectivity index (χ3v) is 3.82. The molecule has 0 aromatic heterocycles. The van der Waals surface area contributed by atoms with E-state index >= 15 is 0 Å². The van der Waals surface area contributed by atoms with Crippen molar-refractivity contribution >= 4 is 23.2 Å². The Morgan fingerprint density at radius 1 is 1.11 bits per heavy atom. The van der Waals surface area contributed by atoms with E-state index < -0.39 is 4.92 Å². The molecule has 0 spiro atoms. The van der Waals surface area contributed by atoms with Crippen molar-refractivity contribution < 1.29 is 24.0 Å². The summed E-state index contributed by atoms with van der Waals surface area (Å²) < 4.78 is 5.15. The fourth-order valence-corrected chi connectivity index (χ4v) is 2.44. The van der Waals surface area contributed by atoms with Gasteiger partial charge in [-0.2, -0.15) is 0 Å². The third-order valence-electron chi connectivity index (χ3n) is 3.82. The number of Topliss-reactive ketones (excluding diaryl/α,β-unsaturated/α-hetero) is 1. The molecule has 8 heteroatoms. The second-order valence-corrected chi connectivity index (χ2v) is 5.78. The number of nitro groups is 1. The summed E-state index contributed by atoms with van der Waals surface area (Å²) in [6.45, 7) is 1.18. The lowest BCUT2D eigenvalue weighted by atomic mass is 9.95. The van der Waals surface area contributed by atoms with Gasteiger partial charge in [0, 0.05) is 36.6 Å². The molecule has 0 aliphatic carbocycles. The molecule has 0 atom stereocenters. The van der Waals surface area contributed by atoms with Crippen molar-refractivity contribution in [3.8, 4) is 5.75 Å². The summed E-state index contributed by atoms with van der Waals surface area (Å²) in [6, 6.07) is 9.98. The van der Waals surface area contributed by atoms with Crippen molar-refractivity contribution in [2.24, 2.45) is 0 Å². The molecule has 1 N–H and O–H groups in total. The van der Waals surface area contributed by atoms with Crippen molar-refractivity contribution in [2.75, 3.05) is 13.7 Å². The lowest BCUT2D eigenvalue weighted by Crippen LogP contribution is -2.28. The first-order valence-corrected chi connectivity index (χ1v) is 8.04. The number of non-ortho nitro benzene ring substituents is 1. The lowest BCUT2D eigenvalue weighted by molar-refractivity contribution is -0.384. The summed E-state index contributed by atoms with van der Waals surface area (Å²) in [5, 5.41) is 13.2. The van der Waals surface area contributed by atoms with E-state index in [2.05, 4.69) is 5.32 Å². The molecule has 0 heterocycles. The van der Waals surface area contributed by atoms with Gasteiger partial charge >= 0.3 is 0 Å². The van der Waals surface area contributed by atoms with Crippen molar-refractivity contribution in [3.63, 3.8) is 0 Å². The highest BCUT2D eigenvalue weighted by Gasteiger charge is 2.18. The number of nitrogens with one attached hydrogen (secondary N) is 1. The van der Waals surface area contributed by atoms with Gasteiger partial charge in [-0.3, -0.25) is 24.5 Å². The molecule has 1 amide bonds. The van der Waals surface area contributed by atoms with Gasteiger partial charge in [-0.05, 0) is 29.8 Å². The highest BCUT2D eigenvalue weighted by atomic mass is 16.6. The molecule has 0 aliphatic heterocycles. The maximum atomic E-state index is 12.9. The number of rotatable bonds is 8. The smallest absolute Gasteiger partial charge is 0.269 e. The SMILES string of the molecule is COc1ccc(CC(=O)CNC(C)=O)c(C(=O)c2ccc([N+](=O)[O-])cc2)c1. The van der Waals surface area contributed by atoms with E-state index in [1.807, 2.05) is 0 Å². The van der Waals surface area contributed by atoms with Gasteiger partial charge in [0.1, 0.15) is 5.75 Å². The summed E-state index contributed by atoms with van der Waals surface area (Å²) in [7, 11) is 1.46. The van der Waals surface area contributed by atoms with E-state index in [0.717, 1.165) is 0 Å². The molecular formula is C19H18N2O6. The van der Waals surface area contributed by atoms with Gasteiger partial charge in [0.2, 0.25) is 5.91 Å². The first-order valence-electron chi connectivity index (χ1n) is 8.04. The molecule has 0 fully saturated rings. The Hall–Kier alpha value is -3.55. The van der Waals surface area contributed by atoms with Crippen LogP contribution in [0.1, 0.15) is 28.4 Å². The van der Waals surface area contributed by atoms with Crippen LogP contribution in [0, 0.1) is 10.1 Å². The molecule has 8 nitrogen and oxygen atoms in total. The second kappa shape index (κ2) is 8.70. The monoisotopic (exact) mass is 370 g/mol. The van der Waals surface area contributed by atoms with Crippen molar-refractivity contribution in [1.29, 1.82) is 0 Å². The minimum absolute atomic E-state index is 0.0433. The molecule has 0 bridgehead atoms. The van der Waals surface area contributed by atoms with E-state index in [9.17, 15) is 24.5 Å². The molecule has 0 saturated heterocycles. The molecule has 2 rings (SSSR count). The maximum Gasteiger partial charge on any atom is 0.269 e. The van der Waals surface area contributed by atoms with Crippen LogP contribution in [0.15, 0.2) is 42.5 Å². The van der Waals surface area contributed by atoms with E-state index in [0.29, 0.717) is 11.3 Å². The van der Waals surface area contributed by atoms with Crippen LogP contribution in [0.4, 0.5) is 5.69 Å². The van der Waals surface area contributed by atoms with Crippen LogP contribution >= 0.6 is 0 Å². The molecule has 0 saturated carbocycles. The van der Waals surface area contributed by atoms with Gasteiger partial charge in [0.05, 0.1) is 18.6 Å². The summed E-state index contributed by atoms with van der Waals surface area (Å²) in [5.74, 6) is -0.516. The molecule has 140 valence electrons. The largest absolute Gasteiger partial charge is 0.497 e. The number of hydrogen-bond acceptors (Lipinski definition) is 6. The zero-order valence-corrected chi connectivity index (χ0v) is 14.9. The lowest BCUT2D eigenvalue weighted by Gasteiger charge is -2.11. The number of amides is 1. The number of nitrogens with zero attached hydrogens (tertiary/aromatic N) is 1. The zero-order chi connectivity index (χ0) is 20.0. The molecule has 27 heavy (non-hydrogen) atoms. The van der Waals surface area contributed by atoms with Crippen LogP contribution in [-0.4, -0.2) is 36.1 Å². The molecule has 0 radical (unpaired) electrons. The first-order chi connectivity index (χ1) is 12.8. The van der Waals surface area contributed by atoms with Gasteiger partial charge in [-0.1, -0.05) is 6.07 Å². The molecule has 2 aromatic rings. The van der Waals surface area contributed by atoms with Crippen molar-refractivity contribution in [3.05, 3.63) is 69.3 Å². The fourth-order valence-electron chi connectivity index (χ4n) is 2.44. The summed E-state index contributed by atoms with van der Waals surface area (Å²) in [5.41, 5.74) is 0.876. The highest BCUT2D eigenvalue weighted by molar-refractivity contribution is 6.10. The van der Waals surface area contributed by atoms with Crippen molar-refractivity contribution in [2.45, 2.75) is 13.3 Å². The van der Waals surface area contributed by atoms with Gasteiger partial charge in [0.15, 0.2) is 11.6 Å². The standard InChI is InChI=1S/C19H18N2O6/c1-12(22)20-11-16(23)9-14-5-8-17(27-2)10-18(14)19(24)13-3-6-15(7-4-13)21(25)26/h3-8,10H,9,11H2,1-2H3,(H,20,22). The average Bonchev–Trinajstić information content (AvgIpc) is 2.66. The van der Waals surface area contributed by atoms with E-state index in [1.54, 1.807) is 12.1 Å². The Morgan fingerprint density at radius 3 is 2.33 bits per heavy atom. The molecule has 0 aliphatic rings. The minimum atomic E-state index is -0.550. The highest BCUT2D eigenvalue weighted by Crippen LogP contribution is 2.23. The number of carbonyl (C=O) groups excluding carboxylic acids is 3. The van der Waals surface area contributed by atoms with Gasteiger partial charge in [-0.25, -0.2) is 0 Å². The number of nitro benzene ring substituents is 1. The van der Waals surface area contributed by atoms with Crippen LogP contribution in [0.3, 0.4) is 0 Å². The Kier molecular flexibility index (Phi) is 6.37. The molecule has 2 aromatic carbocycles. The third kappa shape index (κ3) is 5.21. The van der Waals surface area contributed by atoms with E-state index in [-0.39, 0.29) is 47.3 Å². The van der Waals surface area contributed by atoms with Crippen LogP contribution in [0.2, 0.25) is 0 Å². The Morgan fingerprint density at radius 2 is 1.78 bits per heavy atom. The Bertz CT molecular complexity index is 890. The fraction of sp³-hybridized carbons (Fsp3) is 0.211. The number of methoxy groups -OCH3 is 1. The van der Waals surface area contributed by atoms with Crippen molar-refractivity contribution in [1.82, 2.24) is 5.32 Å². The maximum absolute atomic E-state index is 12.9. The quantitative estimate of drug-likeness (QED) is 0.432. The van der Waals surface area contributed by atoms with E-state index in [4.69, 9.17) is 4.74 Å². The van der Waals surface area contributed by atoms with Gasteiger partial charge < -0.3 is 10.1 Å². The number of carbonyl (C=O) groups is 3. The van der Waals surface area contributed by atoms with Crippen LogP contribution in [0.25, 0.3) is 0 Å². The Balaban J connectivity index is 2.32. The van der Waals surface area contributed by atoms with Crippen LogP contribution in [0.5, 0.6) is 5.75 Å². The summed E-state index contributed by atoms with van der Waals surface area (Å²) in [6.07, 6.45) is -0.0433. The number of ether oxygens (including phenoxy) is 1. The average molecular weight is 370 g/mol. The number of benzene rings is 2. The normalized spacial score (nSPS) is 10.1. The van der Waals surface area contributed by atoms with Gasteiger partial charge in [0.25, 0.3) is 5.69 Å². The van der Waals surface area contributed by atoms with Crippen LogP contribution < -0.4 is 10.1 Å². The van der Waals surface area contributed by atoms with Crippen LogP contribution in [-0.2, 0) is 16.0 Å². The van der Waals surface area contributed by atoms with E-state index in [1.165, 1.54) is 44.4 Å². The summed E-state index contributed by atoms with van der Waals surface area (Å²) in [4.78, 5) is 46.1. The summed E-state index contributed by atoms with van der Waals surface area (Å²) >= 11 is 0.